The Morgan fingerprint density at radius 2 is 1.89 bits per heavy atom. The van der Waals surface area contributed by atoms with Crippen LogP contribution in [0.1, 0.15) is 71.3 Å². The molecule has 0 spiro atoms. The average molecular weight is 509 g/mol. The number of fused-ring (bicyclic) bond motifs is 1. The maximum Gasteiger partial charge on any atom is 0.481 e. The number of amides is 2. The third-order valence-electron chi connectivity index (χ3n) is 9.18. The summed E-state index contributed by atoms with van der Waals surface area (Å²) < 4.78 is 13.1. The summed E-state index contributed by atoms with van der Waals surface area (Å²) in [7, 11) is -0.574. The van der Waals surface area contributed by atoms with Gasteiger partial charge in [0.05, 0.1) is 23.8 Å². The van der Waals surface area contributed by atoms with E-state index in [1.807, 2.05) is 24.3 Å². The number of carbonyl (C=O) groups is 2. The van der Waals surface area contributed by atoms with E-state index in [9.17, 15) is 14.7 Å². The lowest BCUT2D eigenvalue weighted by molar-refractivity contribution is -0.199. The minimum absolute atomic E-state index is 0.00937. The first-order valence-corrected chi connectivity index (χ1v) is 13.6. The lowest BCUT2D eigenvalue weighted by atomic mass is 9.43. The number of aliphatic hydroxyl groups is 1. The standard InChI is InChI=1S/C28H40BN3O5/c1-15(2)11-23(29-36-22-14-18-13-21(27(18,4)5)28(22,6)37-29)31-26(35)24(16(3)33)32-25(34)20-12-17-9-7-8-10-19(17)30-20/h7-10,12,15-16,18,21-24,30,33H,11,13-14H2,1-6H3,(H,31,35)(H,32,34)/t16-,18-,21-,22-,23+,24+,28+/m1/s1. The Hall–Kier alpha value is -2.36. The van der Waals surface area contributed by atoms with Crippen molar-refractivity contribution in [2.45, 2.75) is 90.6 Å². The highest BCUT2D eigenvalue weighted by Gasteiger charge is 2.68. The van der Waals surface area contributed by atoms with Crippen molar-refractivity contribution in [1.82, 2.24) is 15.6 Å². The van der Waals surface area contributed by atoms with Crippen LogP contribution >= 0.6 is 0 Å². The summed E-state index contributed by atoms with van der Waals surface area (Å²) in [5, 5.41) is 17.1. The van der Waals surface area contributed by atoms with E-state index in [0.29, 0.717) is 24.0 Å². The predicted molar refractivity (Wildman–Crippen MR) is 143 cm³/mol. The van der Waals surface area contributed by atoms with Gasteiger partial charge in [-0.15, -0.1) is 0 Å². The van der Waals surface area contributed by atoms with Gasteiger partial charge < -0.3 is 30.0 Å². The van der Waals surface area contributed by atoms with Gasteiger partial charge in [-0.2, -0.15) is 0 Å². The molecule has 1 saturated heterocycles. The van der Waals surface area contributed by atoms with E-state index in [1.165, 1.54) is 6.92 Å². The first-order chi connectivity index (χ1) is 17.4. The predicted octanol–water partition coefficient (Wildman–Crippen LogP) is 3.45. The second-order valence-corrected chi connectivity index (χ2v) is 12.5. The van der Waals surface area contributed by atoms with Crippen molar-refractivity contribution in [3.63, 3.8) is 0 Å². The number of carbonyl (C=O) groups excluding carboxylic acids is 2. The largest absolute Gasteiger partial charge is 0.481 e. The summed E-state index contributed by atoms with van der Waals surface area (Å²) in [5.41, 5.74) is 1.01. The van der Waals surface area contributed by atoms with Crippen molar-refractivity contribution in [1.29, 1.82) is 0 Å². The summed E-state index contributed by atoms with van der Waals surface area (Å²) in [6.07, 6.45) is 1.69. The molecule has 0 radical (unpaired) electrons. The van der Waals surface area contributed by atoms with Crippen molar-refractivity contribution in [3.8, 4) is 0 Å². The lowest BCUT2D eigenvalue weighted by Gasteiger charge is -2.64. The molecule has 4 aliphatic rings. The number of H-pyrrole nitrogens is 1. The number of benzene rings is 1. The Kier molecular flexibility index (Phi) is 6.70. The van der Waals surface area contributed by atoms with Gasteiger partial charge in [0, 0.05) is 10.9 Å². The molecule has 200 valence electrons. The molecule has 8 nitrogen and oxygen atoms in total. The highest BCUT2D eigenvalue weighted by molar-refractivity contribution is 6.48. The molecule has 1 aliphatic heterocycles. The Morgan fingerprint density at radius 1 is 1.16 bits per heavy atom. The zero-order valence-corrected chi connectivity index (χ0v) is 22.7. The fourth-order valence-corrected chi connectivity index (χ4v) is 6.91. The fraction of sp³-hybridized carbons (Fsp3) is 0.643. The quantitative estimate of drug-likeness (QED) is 0.408. The van der Waals surface area contributed by atoms with Gasteiger partial charge in [0.2, 0.25) is 5.91 Å². The van der Waals surface area contributed by atoms with E-state index < -0.39 is 37.0 Å². The molecule has 0 unspecified atom stereocenters. The van der Waals surface area contributed by atoms with Crippen LogP contribution in [0.25, 0.3) is 10.9 Å². The lowest BCUT2D eigenvalue weighted by Crippen LogP contribution is -2.65. The number of nitrogens with one attached hydrogen (secondary N) is 3. The van der Waals surface area contributed by atoms with Crippen molar-refractivity contribution >= 4 is 29.8 Å². The van der Waals surface area contributed by atoms with E-state index in [-0.39, 0.29) is 23.0 Å². The topological polar surface area (TPSA) is 113 Å². The molecule has 1 aromatic carbocycles. The zero-order chi connectivity index (χ0) is 26.7. The van der Waals surface area contributed by atoms with Gasteiger partial charge in [0.25, 0.3) is 5.91 Å². The maximum absolute atomic E-state index is 13.4. The Labute approximate surface area is 219 Å². The normalized spacial score (nSPS) is 30.4. The number of aromatic nitrogens is 1. The molecular formula is C28H40BN3O5. The zero-order valence-electron chi connectivity index (χ0n) is 22.7. The van der Waals surface area contributed by atoms with E-state index in [0.717, 1.165) is 23.7 Å². The fourth-order valence-electron chi connectivity index (χ4n) is 6.91. The van der Waals surface area contributed by atoms with Gasteiger partial charge in [-0.05, 0) is 68.4 Å². The number of para-hydroxylation sites is 1. The molecule has 2 amide bonds. The monoisotopic (exact) mass is 509 g/mol. The first kappa shape index (κ1) is 26.3. The number of hydrogen-bond donors (Lipinski definition) is 4. The molecular weight excluding hydrogens is 469 g/mol. The summed E-state index contributed by atoms with van der Waals surface area (Å²) in [4.78, 5) is 29.5. The summed E-state index contributed by atoms with van der Waals surface area (Å²) in [5.74, 6) is 0.0273. The third kappa shape index (κ3) is 4.59. The highest BCUT2D eigenvalue weighted by Crippen LogP contribution is 2.65. The molecule has 6 rings (SSSR count). The second kappa shape index (κ2) is 9.44. The first-order valence-electron chi connectivity index (χ1n) is 13.6. The average Bonchev–Trinajstić information content (AvgIpc) is 3.41. The van der Waals surface area contributed by atoms with Crippen LogP contribution in [0.5, 0.6) is 0 Å². The molecule has 2 heterocycles. The van der Waals surface area contributed by atoms with Crippen molar-refractivity contribution in [2.24, 2.45) is 23.2 Å². The van der Waals surface area contributed by atoms with Crippen LogP contribution in [0.4, 0.5) is 0 Å². The Balaban J connectivity index is 1.30. The smallest absolute Gasteiger partial charge is 0.404 e. The van der Waals surface area contributed by atoms with Crippen LogP contribution in [-0.4, -0.2) is 58.8 Å². The maximum atomic E-state index is 13.4. The van der Waals surface area contributed by atoms with Crippen molar-refractivity contribution in [3.05, 3.63) is 36.0 Å². The highest BCUT2D eigenvalue weighted by atomic mass is 16.7. The van der Waals surface area contributed by atoms with E-state index in [1.54, 1.807) is 6.07 Å². The van der Waals surface area contributed by atoms with Crippen LogP contribution in [0.3, 0.4) is 0 Å². The van der Waals surface area contributed by atoms with E-state index in [4.69, 9.17) is 9.31 Å². The van der Waals surface area contributed by atoms with E-state index in [2.05, 4.69) is 50.2 Å². The van der Waals surface area contributed by atoms with E-state index >= 15 is 0 Å². The second-order valence-electron chi connectivity index (χ2n) is 12.5. The molecule has 37 heavy (non-hydrogen) atoms. The van der Waals surface area contributed by atoms with Gasteiger partial charge in [0.1, 0.15) is 11.7 Å². The third-order valence-corrected chi connectivity index (χ3v) is 9.18. The summed E-state index contributed by atoms with van der Waals surface area (Å²) in [6, 6.07) is 8.18. The van der Waals surface area contributed by atoms with Gasteiger partial charge >= 0.3 is 7.12 Å². The summed E-state index contributed by atoms with van der Waals surface area (Å²) >= 11 is 0. The Bertz CT molecular complexity index is 1150. The van der Waals surface area contributed by atoms with Gasteiger partial charge in [-0.1, -0.05) is 45.9 Å². The van der Waals surface area contributed by atoms with Crippen LogP contribution < -0.4 is 10.6 Å². The van der Waals surface area contributed by atoms with Crippen LogP contribution in [0.15, 0.2) is 30.3 Å². The number of aromatic amines is 1. The van der Waals surface area contributed by atoms with Crippen LogP contribution in [-0.2, 0) is 14.1 Å². The molecule has 3 aliphatic carbocycles. The molecule has 4 fully saturated rings. The Morgan fingerprint density at radius 3 is 2.54 bits per heavy atom. The number of hydrogen-bond acceptors (Lipinski definition) is 5. The SMILES string of the molecule is CC(C)C[C@H](NC(=O)[C@@H](NC(=O)c1cc2ccccc2[nH]1)[C@@H](C)O)B1O[C@@H]2C[C@H]3C[C@H](C3(C)C)[C@]2(C)O1. The number of rotatable bonds is 8. The van der Waals surface area contributed by atoms with Crippen molar-refractivity contribution < 1.29 is 24.0 Å². The van der Waals surface area contributed by atoms with Gasteiger partial charge in [-0.3, -0.25) is 9.59 Å². The van der Waals surface area contributed by atoms with Gasteiger partial charge in [-0.25, -0.2) is 0 Å². The minimum Gasteiger partial charge on any atom is -0.404 e. The molecule has 7 atom stereocenters. The van der Waals surface area contributed by atoms with Crippen LogP contribution in [0.2, 0.25) is 0 Å². The van der Waals surface area contributed by atoms with Crippen LogP contribution in [0, 0.1) is 23.2 Å². The molecule has 3 saturated carbocycles. The molecule has 1 aromatic heterocycles. The minimum atomic E-state index is -1.13. The molecule has 2 bridgehead atoms. The number of aliphatic hydroxyl groups excluding tert-OH is 1. The molecule has 4 N–H and O–H groups in total. The molecule has 2 aromatic rings. The molecule has 9 heteroatoms. The van der Waals surface area contributed by atoms with Gasteiger partial charge in [0.15, 0.2) is 0 Å². The summed E-state index contributed by atoms with van der Waals surface area (Å²) in [6.45, 7) is 12.5. The van der Waals surface area contributed by atoms with Crippen molar-refractivity contribution in [2.75, 3.05) is 0 Å².